The monoisotopic (exact) mass is 418 g/mol. The fourth-order valence-electron chi connectivity index (χ4n) is 2.62. The molecule has 1 N–H and O–H groups in total. The van der Waals surface area contributed by atoms with Crippen molar-refractivity contribution in [1.29, 1.82) is 0 Å². The third-order valence-corrected chi connectivity index (χ3v) is 5.77. The lowest BCUT2D eigenvalue weighted by atomic mass is 10.1. The number of nitrogens with zero attached hydrogens (tertiary/aromatic N) is 4. The number of aromatic carboxylic acids is 1. The minimum atomic E-state index is -4.21. The predicted molar refractivity (Wildman–Crippen MR) is 104 cm³/mol. The van der Waals surface area contributed by atoms with Gasteiger partial charge in [0.15, 0.2) is 6.73 Å². The topological polar surface area (TPSA) is 150 Å². The summed E-state index contributed by atoms with van der Waals surface area (Å²) in [6.07, 6.45) is 0. The molecule has 2 rings (SSSR count). The normalized spacial score (nSPS) is 10.9. The summed E-state index contributed by atoms with van der Waals surface area (Å²) in [6, 6.07) is 10.2. The summed E-state index contributed by atoms with van der Waals surface area (Å²) in [6.45, 7) is 2.68. The number of azide groups is 1. The maximum absolute atomic E-state index is 13.3. The maximum Gasteiger partial charge on any atom is 0.340 e. The summed E-state index contributed by atoms with van der Waals surface area (Å²) >= 11 is 0. The minimum absolute atomic E-state index is 0.0488. The average molecular weight is 418 g/mol. The first kappa shape index (κ1) is 21.7. The van der Waals surface area contributed by atoms with Crippen LogP contribution in [0.15, 0.2) is 58.5 Å². The highest BCUT2D eigenvalue weighted by molar-refractivity contribution is 7.92. The molecule has 0 radical (unpaired) electrons. The van der Waals surface area contributed by atoms with Gasteiger partial charge in [-0.2, -0.15) is 0 Å². The SMILES string of the molecule is CC(C)N(c1ccccc1C(=O)OCN=[N+]=[N-])S(=O)(=O)c1cccc(C(=O)O)c1. The summed E-state index contributed by atoms with van der Waals surface area (Å²) in [5.41, 5.74) is 8.12. The summed E-state index contributed by atoms with van der Waals surface area (Å²) in [5.74, 6) is -2.13. The van der Waals surface area contributed by atoms with Crippen LogP contribution in [-0.2, 0) is 14.8 Å². The van der Waals surface area contributed by atoms with Crippen LogP contribution in [0.2, 0.25) is 0 Å². The van der Waals surface area contributed by atoms with E-state index in [0.29, 0.717) is 0 Å². The molecule has 2 aromatic carbocycles. The number of carboxylic acids is 1. The molecule has 0 unspecified atom stereocenters. The molecule has 29 heavy (non-hydrogen) atoms. The van der Waals surface area contributed by atoms with Gasteiger partial charge in [0.1, 0.15) is 0 Å². The van der Waals surface area contributed by atoms with Crippen molar-refractivity contribution in [3.8, 4) is 0 Å². The van der Waals surface area contributed by atoms with E-state index < -0.39 is 34.7 Å². The molecule has 0 bridgehead atoms. The molecule has 0 atom stereocenters. The van der Waals surface area contributed by atoms with Gasteiger partial charge < -0.3 is 9.84 Å². The number of sulfonamides is 1. The molecule has 11 heteroatoms. The largest absolute Gasteiger partial charge is 0.478 e. The van der Waals surface area contributed by atoms with Crippen LogP contribution in [-0.4, -0.2) is 38.2 Å². The first-order chi connectivity index (χ1) is 13.7. The molecule has 10 nitrogen and oxygen atoms in total. The third-order valence-electron chi connectivity index (χ3n) is 3.78. The maximum atomic E-state index is 13.3. The Labute approximate surface area is 167 Å². The Morgan fingerprint density at radius 3 is 2.52 bits per heavy atom. The van der Waals surface area contributed by atoms with E-state index in [1.807, 2.05) is 0 Å². The first-order valence-corrected chi connectivity index (χ1v) is 9.79. The predicted octanol–water partition coefficient (Wildman–Crippen LogP) is 3.41. The van der Waals surface area contributed by atoms with E-state index in [2.05, 4.69) is 10.0 Å². The van der Waals surface area contributed by atoms with Gasteiger partial charge in [0.05, 0.1) is 21.7 Å². The number of carboxylic acid groups (broad SMARTS) is 1. The zero-order valence-electron chi connectivity index (χ0n) is 15.6. The number of rotatable bonds is 8. The third kappa shape index (κ3) is 4.84. The molecule has 0 aliphatic heterocycles. The van der Waals surface area contributed by atoms with E-state index in [1.165, 1.54) is 36.4 Å². The van der Waals surface area contributed by atoms with Crippen LogP contribution in [0, 0.1) is 0 Å². The number of benzene rings is 2. The van der Waals surface area contributed by atoms with Gasteiger partial charge in [0, 0.05) is 11.0 Å². The van der Waals surface area contributed by atoms with E-state index in [9.17, 15) is 18.0 Å². The van der Waals surface area contributed by atoms with E-state index in [1.54, 1.807) is 19.9 Å². The van der Waals surface area contributed by atoms with Gasteiger partial charge in [0.25, 0.3) is 10.0 Å². The Balaban J connectivity index is 2.58. The van der Waals surface area contributed by atoms with Gasteiger partial charge in [-0.05, 0) is 49.7 Å². The fourth-order valence-corrected chi connectivity index (χ4v) is 4.34. The Kier molecular flexibility index (Phi) is 6.81. The van der Waals surface area contributed by atoms with Crippen molar-refractivity contribution in [2.24, 2.45) is 5.11 Å². The van der Waals surface area contributed by atoms with Crippen LogP contribution in [0.5, 0.6) is 0 Å². The van der Waals surface area contributed by atoms with Crippen LogP contribution in [0.3, 0.4) is 0 Å². The lowest BCUT2D eigenvalue weighted by Gasteiger charge is -2.29. The Bertz CT molecular complexity index is 1080. The van der Waals surface area contributed by atoms with Gasteiger partial charge in [-0.15, -0.1) is 0 Å². The number of carbonyl (C=O) groups excluding carboxylic acids is 1. The Hall–Kier alpha value is -3.56. The standard InChI is InChI=1S/C18H18N4O6S/c1-12(2)22(29(26,27)14-7-5-6-13(10-14)17(23)24)16-9-4-3-8-15(16)18(25)28-11-20-21-19/h3-10,12H,11H2,1-2H3,(H,23,24). The quantitative estimate of drug-likeness (QED) is 0.300. The molecule has 2 aromatic rings. The number of esters is 1. The van der Waals surface area contributed by atoms with Crippen molar-refractivity contribution < 1.29 is 27.9 Å². The highest BCUT2D eigenvalue weighted by Crippen LogP contribution is 2.30. The molecule has 0 heterocycles. The molecule has 0 spiro atoms. The van der Waals surface area contributed by atoms with Crippen molar-refractivity contribution in [1.82, 2.24) is 0 Å². The number of hydrogen-bond acceptors (Lipinski definition) is 6. The number of anilines is 1. The van der Waals surface area contributed by atoms with Gasteiger partial charge >= 0.3 is 11.9 Å². The van der Waals surface area contributed by atoms with Crippen molar-refractivity contribution in [3.05, 3.63) is 70.1 Å². The van der Waals surface area contributed by atoms with E-state index in [-0.39, 0.29) is 21.7 Å². The van der Waals surface area contributed by atoms with Gasteiger partial charge in [-0.25, -0.2) is 18.0 Å². The number of para-hydroxylation sites is 1. The summed E-state index contributed by atoms with van der Waals surface area (Å²) in [4.78, 5) is 25.8. The zero-order chi connectivity index (χ0) is 21.6. The van der Waals surface area contributed by atoms with Crippen molar-refractivity contribution in [2.75, 3.05) is 11.0 Å². The van der Waals surface area contributed by atoms with Gasteiger partial charge in [0.2, 0.25) is 0 Å². The second-order valence-corrected chi connectivity index (χ2v) is 7.85. The fraction of sp³-hybridized carbons (Fsp3) is 0.222. The van der Waals surface area contributed by atoms with E-state index in [0.717, 1.165) is 10.4 Å². The van der Waals surface area contributed by atoms with Crippen LogP contribution in [0.4, 0.5) is 5.69 Å². The highest BCUT2D eigenvalue weighted by Gasteiger charge is 2.31. The second kappa shape index (κ2) is 9.09. The Morgan fingerprint density at radius 1 is 1.21 bits per heavy atom. The molecule has 0 aliphatic carbocycles. The Morgan fingerprint density at radius 2 is 1.90 bits per heavy atom. The number of hydrogen-bond donors (Lipinski definition) is 1. The van der Waals surface area contributed by atoms with E-state index >= 15 is 0 Å². The highest BCUT2D eigenvalue weighted by atomic mass is 32.2. The van der Waals surface area contributed by atoms with Gasteiger partial charge in [-0.1, -0.05) is 23.3 Å². The summed E-state index contributed by atoms with van der Waals surface area (Å²) in [5, 5.41) is 12.3. The van der Waals surface area contributed by atoms with Crippen LogP contribution < -0.4 is 4.31 Å². The molecule has 0 amide bonds. The molecule has 0 aliphatic rings. The van der Waals surface area contributed by atoms with Crippen molar-refractivity contribution in [3.63, 3.8) is 0 Å². The average Bonchev–Trinajstić information content (AvgIpc) is 2.68. The lowest BCUT2D eigenvalue weighted by Crippen LogP contribution is -2.38. The number of carbonyl (C=O) groups is 2. The molecule has 0 saturated heterocycles. The number of ether oxygens (including phenoxy) is 1. The van der Waals surface area contributed by atoms with Crippen LogP contribution in [0.1, 0.15) is 34.6 Å². The minimum Gasteiger partial charge on any atom is -0.478 e. The van der Waals surface area contributed by atoms with Crippen molar-refractivity contribution >= 4 is 27.6 Å². The molecular weight excluding hydrogens is 400 g/mol. The smallest absolute Gasteiger partial charge is 0.340 e. The first-order valence-electron chi connectivity index (χ1n) is 8.35. The molecule has 0 fully saturated rings. The van der Waals surface area contributed by atoms with Crippen LogP contribution >= 0.6 is 0 Å². The zero-order valence-corrected chi connectivity index (χ0v) is 16.4. The second-order valence-electron chi connectivity index (χ2n) is 6.04. The molecule has 0 saturated carbocycles. The lowest BCUT2D eigenvalue weighted by molar-refractivity contribution is 0.0516. The molecule has 152 valence electrons. The molecular formula is C18H18N4O6S. The van der Waals surface area contributed by atoms with Crippen LogP contribution in [0.25, 0.3) is 10.4 Å². The molecule has 0 aromatic heterocycles. The van der Waals surface area contributed by atoms with Gasteiger partial charge in [-0.3, -0.25) is 4.31 Å². The summed E-state index contributed by atoms with van der Waals surface area (Å²) < 4.78 is 32.5. The van der Waals surface area contributed by atoms with E-state index in [4.69, 9.17) is 15.4 Å². The van der Waals surface area contributed by atoms with Crippen molar-refractivity contribution in [2.45, 2.75) is 24.8 Å². The summed E-state index contributed by atoms with van der Waals surface area (Å²) in [7, 11) is -4.21.